The van der Waals surface area contributed by atoms with Crippen LogP contribution in [0.15, 0.2) is 30.5 Å². The number of rotatable bonds is 17. The number of aromatic amines is 1. The molecule has 0 aliphatic heterocycles. The Hall–Kier alpha value is -4.01. The van der Waals surface area contributed by atoms with Gasteiger partial charge in [0.2, 0.25) is 17.7 Å². The second kappa shape index (κ2) is 15.5. The molecule has 2 aromatic rings. The number of unbranched alkanes of at least 4 members (excludes halogenated alkanes) is 1. The lowest BCUT2D eigenvalue weighted by atomic mass is 10.0. The normalized spacial score (nSPS) is 14.9. The molecule has 0 aliphatic carbocycles. The average Bonchev–Trinajstić information content (AvgIpc) is 3.31. The van der Waals surface area contributed by atoms with Gasteiger partial charge in [-0.1, -0.05) is 24.6 Å². The molecule has 0 fully saturated rings. The molecule has 2 rings (SSSR count). The van der Waals surface area contributed by atoms with Crippen molar-refractivity contribution in [3.8, 4) is 0 Å². The molecule has 14 nitrogen and oxygen atoms in total. The number of aliphatic carboxylic acids is 2. The van der Waals surface area contributed by atoms with E-state index in [4.69, 9.17) is 16.6 Å². The lowest BCUT2D eigenvalue weighted by molar-refractivity contribution is -0.144. The highest BCUT2D eigenvalue weighted by Crippen LogP contribution is 2.19. The van der Waals surface area contributed by atoms with E-state index in [0.717, 1.165) is 10.9 Å². The van der Waals surface area contributed by atoms with Gasteiger partial charge in [-0.25, -0.2) is 4.79 Å². The van der Waals surface area contributed by atoms with Crippen LogP contribution in [-0.2, 0) is 30.4 Å². The predicted octanol–water partition coefficient (Wildman–Crippen LogP) is -1.05. The number of carbonyl (C=O) groups is 5. The van der Waals surface area contributed by atoms with Gasteiger partial charge in [-0.3, -0.25) is 19.2 Å². The van der Waals surface area contributed by atoms with Gasteiger partial charge in [-0.15, -0.1) is 0 Å². The van der Waals surface area contributed by atoms with Crippen LogP contribution in [0.3, 0.4) is 0 Å². The minimum absolute atomic E-state index is 0.0155. The van der Waals surface area contributed by atoms with Crippen LogP contribution in [-0.4, -0.2) is 86.8 Å². The van der Waals surface area contributed by atoms with Gasteiger partial charge in [-0.2, -0.15) is 0 Å². The molecule has 14 heteroatoms. The second-order valence-electron chi connectivity index (χ2n) is 9.57. The number of nitrogens with two attached hydrogens (primary N) is 2. The number of fused-ring (bicyclic) bond motifs is 1. The van der Waals surface area contributed by atoms with Gasteiger partial charge in [-0.05, 0) is 44.4 Å². The number of aliphatic hydroxyl groups is 1. The molecule has 11 N–H and O–H groups in total. The van der Waals surface area contributed by atoms with E-state index in [-0.39, 0.29) is 6.42 Å². The van der Waals surface area contributed by atoms with E-state index in [9.17, 15) is 34.2 Å². The first kappa shape index (κ1) is 32.2. The van der Waals surface area contributed by atoms with Crippen molar-refractivity contribution in [1.29, 1.82) is 0 Å². The number of nitrogens with one attached hydrogen (secondary N) is 4. The molecule has 0 saturated carbocycles. The molecule has 1 heterocycles. The third kappa shape index (κ3) is 9.63. The zero-order valence-electron chi connectivity index (χ0n) is 22.3. The Morgan fingerprint density at radius 3 is 2.23 bits per heavy atom. The quantitative estimate of drug-likeness (QED) is 0.106. The predicted molar refractivity (Wildman–Crippen MR) is 145 cm³/mol. The summed E-state index contributed by atoms with van der Waals surface area (Å²) in [7, 11) is 0. The van der Waals surface area contributed by atoms with Gasteiger partial charge in [0, 0.05) is 29.9 Å². The zero-order valence-corrected chi connectivity index (χ0v) is 22.3. The zero-order chi connectivity index (χ0) is 29.8. The molecular formula is C26H38N6O8. The van der Waals surface area contributed by atoms with Crippen LogP contribution in [0.25, 0.3) is 10.9 Å². The van der Waals surface area contributed by atoms with E-state index in [1.807, 2.05) is 24.3 Å². The van der Waals surface area contributed by atoms with Crippen LogP contribution < -0.4 is 27.4 Å². The third-order valence-electron chi connectivity index (χ3n) is 6.36. The molecule has 0 radical (unpaired) electrons. The van der Waals surface area contributed by atoms with E-state index in [0.29, 0.717) is 31.4 Å². The Morgan fingerprint density at radius 2 is 1.60 bits per heavy atom. The molecule has 5 atom stereocenters. The van der Waals surface area contributed by atoms with E-state index in [2.05, 4.69) is 20.9 Å². The lowest BCUT2D eigenvalue weighted by Crippen LogP contribution is -2.60. The number of amides is 3. The van der Waals surface area contributed by atoms with Crippen LogP contribution in [0.1, 0.15) is 44.6 Å². The van der Waals surface area contributed by atoms with Gasteiger partial charge >= 0.3 is 11.9 Å². The summed E-state index contributed by atoms with van der Waals surface area (Å²) in [6, 6.07) is 2.06. The van der Waals surface area contributed by atoms with Crippen molar-refractivity contribution in [2.24, 2.45) is 11.5 Å². The molecule has 0 aliphatic rings. The van der Waals surface area contributed by atoms with Gasteiger partial charge in [0.15, 0.2) is 0 Å². The topological polar surface area (TPSA) is 250 Å². The van der Waals surface area contributed by atoms with E-state index < -0.39 is 72.8 Å². The van der Waals surface area contributed by atoms with Gasteiger partial charge < -0.3 is 47.7 Å². The summed E-state index contributed by atoms with van der Waals surface area (Å²) in [5.74, 6) is -5.16. The largest absolute Gasteiger partial charge is 0.481 e. The third-order valence-corrected chi connectivity index (χ3v) is 6.36. The van der Waals surface area contributed by atoms with Gasteiger partial charge in [0.1, 0.15) is 18.1 Å². The number of benzene rings is 1. The molecule has 0 bridgehead atoms. The van der Waals surface area contributed by atoms with Crippen LogP contribution in [0, 0.1) is 0 Å². The highest BCUT2D eigenvalue weighted by molar-refractivity contribution is 5.95. The first-order chi connectivity index (χ1) is 18.9. The molecule has 40 heavy (non-hydrogen) atoms. The fourth-order valence-electron chi connectivity index (χ4n) is 4.09. The number of aliphatic hydroxyl groups excluding tert-OH is 1. The number of carboxylic acids is 2. The molecule has 0 spiro atoms. The monoisotopic (exact) mass is 562 g/mol. The summed E-state index contributed by atoms with van der Waals surface area (Å²) in [5.41, 5.74) is 13.0. The van der Waals surface area contributed by atoms with E-state index in [1.165, 1.54) is 6.92 Å². The lowest BCUT2D eigenvalue weighted by Gasteiger charge is -2.26. The molecule has 1 aromatic heterocycles. The molecular weight excluding hydrogens is 524 g/mol. The van der Waals surface area contributed by atoms with E-state index in [1.54, 1.807) is 6.20 Å². The molecule has 220 valence electrons. The number of carboxylic acid groups (broad SMARTS) is 2. The van der Waals surface area contributed by atoms with Crippen molar-refractivity contribution in [2.75, 3.05) is 6.54 Å². The summed E-state index contributed by atoms with van der Waals surface area (Å²) in [6.45, 7) is 1.67. The SMILES string of the molecule is CC(O)C(NC(=O)C(Cc1c[nH]c2ccccc12)NC(=O)C(N)CCCCN)C(=O)NC(CCC(=O)O)C(=O)O. The molecule has 0 saturated heterocycles. The first-order valence-electron chi connectivity index (χ1n) is 13.0. The number of para-hydroxylation sites is 1. The van der Waals surface area contributed by atoms with Crippen molar-refractivity contribution in [3.05, 3.63) is 36.0 Å². The maximum absolute atomic E-state index is 13.4. The highest BCUT2D eigenvalue weighted by atomic mass is 16.4. The Labute approximate surface area is 230 Å². The Bertz CT molecular complexity index is 1180. The number of aromatic nitrogens is 1. The van der Waals surface area contributed by atoms with Crippen molar-refractivity contribution in [2.45, 2.75) is 75.7 Å². The number of hydrogen-bond acceptors (Lipinski definition) is 8. The summed E-state index contributed by atoms with van der Waals surface area (Å²) in [4.78, 5) is 64.5. The molecule has 3 amide bonds. The van der Waals surface area contributed by atoms with Crippen molar-refractivity contribution < 1.29 is 39.3 Å². The maximum atomic E-state index is 13.4. The van der Waals surface area contributed by atoms with Crippen LogP contribution in [0.5, 0.6) is 0 Å². The summed E-state index contributed by atoms with van der Waals surface area (Å²) >= 11 is 0. The molecule has 1 aromatic carbocycles. The molecule has 5 unspecified atom stereocenters. The second-order valence-corrected chi connectivity index (χ2v) is 9.57. The first-order valence-corrected chi connectivity index (χ1v) is 13.0. The van der Waals surface area contributed by atoms with Crippen molar-refractivity contribution in [3.63, 3.8) is 0 Å². The fraction of sp³-hybridized carbons (Fsp3) is 0.500. The summed E-state index contributed by atoms with van der Waals surface area (Å²) in [6.07, 6.45) is 0.956. The standard InChI is InChI=1S/C26H38N6O8/c1-14(33)22(25(38)30-19(26(39)40)9-10-21(34)35)32-24(37)20(31-23(36)17(28)7-4-5-11-27)12-15-13-29-18-8-3-2-6-16(15)18/h2-3,6,8,13-14,17,19-20,22,29,33H,4-5,7,9-12,27-28H2,1H3,(H,30,38)(H,31,36)(H,32,37)(H,34,35)(H,39,40). The maximum Gasteiger partial charge on any atom is 0.326 e. The highest BCUT2D eigenvalue weighted by Gasteiger charge is 2.33. The Kier molecular flexibility index (Phi) is 12.5. The summed E-state index contributed by atoms with van der Waals surface area (Å²) < 4.78 is 0. The van der Waals surface area contributed by atoms with Crippen LogP contribution in [0.2, 0.25) is 0 Å². The fourth-order valence-corrected chi connectivity index (χ4v) is 4.09. The minimum atomic E-state index is -1.60. The van der Waals surface area contributed by atoms with Crippen molar-refractivity contribution >= 4 is 40.6 Å². The minimum Gasteiger partial charge on any atom is -0.481 e. The van der Waals surface area contributed by atoms with Crippen LogP contribution in [0.4, 0.5) is 0 Å². The number of hydrogen-bond donors (Lipinski definition) is 9. The Balaban J connectivity index is 2.24. The van der Waals surface area contributed by atoms with E-state index >= 15 is 0 Å². The number of H-pyrrole nitrogens is 1. The Morgan fingerprint density at radius 1 is 0.925 bits per heavy atom. The van der Waals surface area contributed by atoms with Gasteiger partial charge in [0.25, 0.3) is 0 Å². The van der Waals surface area contributed by atoms with Gasteiger partial charge in [0.05, 0.1) is 12.1 Å². The number of carbonyl (C=O) groups excluding carboxylic acids is 3. The summed E-state index contributed by atoms with van der Waals surface area (Å²) in [5, 5.41) is 36.4. The van der Waals surface area contributed by atoms with Crippen LogP contribution >= 0.6 is 0 Å². The smallest absolute Gasteiger partial charge is 0.326 e. The van der Waals surface area contributed by atoms with Crippen molar-refractivity contribution in [1.82, 2.24) is 20.9 Å². The average molecular weight is 563 g/mol.